The largest absolute Gasteiger partial charge is 0.326 e. The van der Waals surface area contributed by atoms with Crippen molar-refractivity contribution < 1.29 is 4.79 Å². The number of nitrogens with zero attached hydrogens (tertiary/aromatic N) is 2. The number of nitrogens with one attached hydrogen (secondary N) is 1. The summed E-state index contributed by atoms with van der Waals surface area (Å²) in [5, 5.41) is 3.39. The number of aryl methyl sites for hydroxylation is 2. The molecule has 0 fully saturated rings. The van der Waals surface area contributed by atoms with Crippen molar-refractivity contribution in [3.05, 3.63) is 69.2 Å². The maximum atomic E-state index is 12.4. The molecule has 24 heavy (non-hydrogen) atoms. The molecule has 0 aliphatic heterocycles. The normalized spacial score (nSPS) is 10.8. The van der Waals surface area contributed by atoms with Gasteiger partial charge in [-0.2, -0.15) is 0 Å². The third-order valence-electron chi connectivity index (χ3n) is 3.77. The van der Waals surface area contributed by atoms with Crippen molar-refractivity contribution in [2.45, 2.75) is 19.9 Å². The standard InChI is InChI=1S/C18H16BrN3O2/c1-12-6-7-13(10-15(12)19)21-17(23)8-9-22-11-20-16-5-3-2-4-14(16)18(22)24/h2-7,10-11H,8-9H2,1H3,(H,21,23). The molecule has 3 aromatic rings. The van der Waals surface area contributed by atoms with Crippen molar-refractivity contribution in [3.8, 4) is 0 Å². The molecule has 3 rings (SSSR count). The molecule has 1 N–H and O–H groups in total. The van der Waals surface area contributed by atoms with Gasteiger partial charge in [-0.05, 0) is 36.8 Å². The first-order chi connectivity index (χ1) is 11.5. The Kier molecular flexibility index (Phi) is 4.76. The average Bonchev–Trinajstić information content (AvgIpc) is 2.58. The maximum Gasteiger partial charge on any atom is 0.261 e. The number of hydrogen-bond donors (Lipinski definition) is 1. The summed E-state index contributed by atoms with van der Waals surface area (Å²) in [6.07, 6.45) is 1.69. The first-order valence-corrected chi connectivity index (χ1v) is 8.34. The molecular weight excluding hydrogens is 370 g/mol. The van der Waals surface area contributed by atoms with E-state index in [0.29, 0.717) is 10.9 Å². The molecule has 1 aromatic heterocycles. The highest BCUT2D eigenvalue weighted by Gasteiger charge is 2.07. The maximum absolute atomic E-state index is 12.4. The van der Waals surface area contributed by atoms with Gasteiger partial charge in [0.2, 0.25) is 5.91 Å². The van der Waals surface area contributed by atoms with Gasteiger partial charge in [0.25, 0.3) is 5.56 Å². The summed E-state index contributed by atoms with van der Waals surface area (Å²) in [6.45, 7) is 2.27. The molecule has 2 aromatic carbocycles. The van der Waals surface area contributed by atoms with E-state index < -0.39 is 0 Å². The van der Waals surface area contributed by atoms with E-state index in [-0.39, 0.29) is 24.4 Å². The minimum atomic E-state index is -0.147. The Balaban J connectivity index is 1.69. The summed E-state index contributed by atoms with van der Waals surface area (Å²) in [5.74, 6) is -0.147. The van der Waals surface area contributed by atoms with Crippen molar-refractivity contribution >= 4 is 38.4 Å². The highest BCUT2D eigenvalue weighted by molar-refractivity contribution is 9.10. The van der Waals surface area contributed by atoms with Gasteiger partial charge in [0.1, 0.15) is 0 Å². The molecule has 0 atom stereocenters. The first-order valence-electron chi connectivity index (χ1n) is 7.55. The van der Waals surface area contributed by atoms with Crippen molar-refractivity contribution in [2.24, 2.45) is 0 Å². The van der Waals surface area contributed by atoms with E-state index >= 15 is 0 Å². The van der Waals surface area contributed by atoms with Gasteiger partial charge in [0.05, 0.1) is 17.2 Å². The third kappa shape index (κ3) is 3.54. The monoisotopic (exact) mass is 385 g/mol. The van der Waals surface area contributed by atoms with Crippen LogP contribution in [0.3, 0.4) is 0 Å². The fourth-order valence-corrected chi connectivity index (χ4v) is 2.76. The van der Waals surface area contributed by atoms with Crippen LogP contribution in [0.5, 0.6) is 0 Å². The number of aromatic nitrogens is 2. The highest BCUT2D eigenvalue weighted by Crippen LogP contribution is 2.20. The number of halogens is 1. The summed E-state index contributed by atoms with van der Waals surface area (Å²) in [7, 11) is 0. The molecule has 122 valence electrons. The average molecular weight is 386 g/mol. The molecule has 0 radical (unpaired) electrons. The van der Waals surface area contributed by atoms with Crippen LogP contribution in [0.1, 0.15) is 12.0 Å². The Morgan fingerprint density at radius 1 is 1.25 bits per heavy atom. The fourth-order valence-electron chi connectivity index (χ4n) is 2.38. The molecule has 0 bridgehead atoms. The number of hydrogen-bond acceptors (Lipinski definition) is 3. The zero-order valence-electron chi connectivity index (χ0n) is 13.1. The van der Waals surface area contributed by atoms with Crippen LogP contribution in [0.4, 0.5) is 5.69 Å². The topological polar surface area (TPSA) is 64.0 Å². The lowest BCUT2D eigenvalue weighted by molar-refractivity contribution is -0.116. The van der Waals surface area contributed by atoms with E-state index in [9.17, 15) is 9.59 Å². The number of benzene rings is 2. The van der Waals surface area contributed by atoms with Crippen LogP contribution in [0.2, 0.25) is 0 Å². The summed E-state index contributed by atoms with van der Waals surface area (Å²) < 4.78 is 2.41. The Morgan fingerprint density at radius 3 is 2.83 bits per heavy atom. The number of anilines is 1. The van der Waals surface area contributed by atoms with Crippen LogP contribution in [-0.4, -0.2) is 15.5 Å². The summed E-state index contributed by atoms with van der Waals surface area (Å²) >= 11 is 3.44. The Labute approximate surface area is 147 Å². The van der Waals surface area contributed by atoms with Crippen LogP contribution >= 0.6 is 15.9 Å². The summed E-state index contributed by atoms with van der Waals surface area (Å²) in [5.41, 5.74) is 2.35. The van der Waals surface area contributed by atoms with Crippen molar-refractivity contribution in [1.82, 2.24) is 9.55 Å². The quantitative estimate of drug-likeness (QED) is 0.747. The fraction of sp³-hybridized carbons (Fsp3) is 0.167. The lowest BCUT2D eigenvalue weighted by Gasteiger charge is -2.09. The number of carbonyl (C=O) groups excluding carboxylic acids is 1. The first kappa shape index (κ1) is 16.4. The summed E-state index contributed by atoms with van der Waals surface area (Å²) in [4.78, 5) is 28.7. The van der Waals surface area contributed by atoms with Gasteiger partial charge in [0, 0.05) is 23.1 Å². The highest BCUT2D eigenvalue weighted by atomic mass is 79.9. The second-order valence-corrected chi connectivity index (χ2v) is 6.38. The van der Waals surface area contributed by atoms with Gasteiger partial charge in [-0.15, -0.1) is 0 Å². The molecule has 0 spiro atoms. The van der Waals surface area contributed by atoms with E-state index in [1.54, 1.807) is 18.2 Å². The molecule has 1 amide bonds. The minimum Gasteiger partial charge on any atom is -0.326 e. The van der Waals surface area contributed by atoms with Crippen molar-refractivity contribution in [2.75, 3.05) is 5.32 Å². The Bertz CT molecular complexity index is 966. The lowest BCUT2D eigenvalue weighted by Crippen LogP contribution is -2.23. The van der Waals surface area contributed by atoms with Gasteiger partial charge in [-0.25, -0.2) is 4.98 Å². The van der Waals surface area contributed by atoms with Crippen LogP contribution < -0.4 is 10.9 Å². The molecule has 0 saturated heterocycles. The number of para-hydroxylation sites is 1. The Hall–Kier alpha value is -2.47. The molecule has 0 saturated carbocycles. The molecule has 6 heteroatoms. The van der Waals surface area contributed by atoms with Crippen molar-refractivity contribution in [3.63, 3.8) is 0 Å². The minimum absolute atomic E-state index is 0.133. The van der Waals surface area contributed by atoms with E-state index in [1.165, 1.54) is 10.9 Å². The van der Waals surface area contributed by atoms with E-state index in [0.717, 1.165) is 15.7 Å². The molecule has 0 unspecified atom stereocenters. The van der Waals surface area contributed by atoms with Crippen LogP contribution in [0.25, 0.3) is 10.9 Å². The number of fused-ring (bicyclic) bond motifs is 1. The lowest BCUT2D eigenvalue weighted by atomic mass is 10.2. The van der Waals surface area contributed by atoms with E-state index in [4.69, 9.17) is 0 Å². The van der Waals surface area contributed by atoms with Gasteiger partial charge in [-0.3, -0.25) is 14.2 Å². The van der Waals surface area contributed by atoms with Crippen LogP contribution in [0, 0.1) is 6.92 Å². The molecule has 0 aliphatic rings. The molecule has 1 heterocycles. The predicted molar refractivity (Wildman–Crippen MR) is 98.1 cm³/mol. The number of amides is 1. The molecular formula is C18H16BrN3O2. The van der Waals surface area contributed by atoms with Gasteiger partial charge >= 0.3 is 0 Å². The smallest absolute Gasteiger partial charge is 0.261 e. The predicted octanol–water partition coefficient (Wildman–Crippen LogP) is 3.50. The Morgan fingerprint density at radius 2 is 2.04 bits per heavy atom. The number of carbonyl (C=O) groups is 1. The van der Waals surface area contributed by atoms with Crippen LogP contribution in [-0.2, 0) is 11.3 Å². The van der Waals surface area contributed by atoms with E-state index in [1.807, 2.05) is 31.2 Å². The summed E-state index contributed by atoms with van der Waals surface area (Å²) in [6, 6.07) is 12.8. The molecule has 5 nitrogen and oxygen atoms in total. The van der Waals surface area contributed by atoms with Gasteiger partial charge < -0.3 is 5.32 Å². The van der Waals surface area contributed by atoms with Gasteiger partial charge in [-0.1, -0.05) is 34.1 Å². The number of rotatable bonds is 4. The SMILES string of the molecule is Cc1ccc(NC(=O)CCn2cnc3ccccc3c2=O)cc1Br. The third-order valence-corrected chi connectivity index (χ3v) is 4.62. The van der Waals surface area contributed by atoms with Crippen molar-refractivity contribution in [1.29, 1.82) is 0 Å². The van der Waals surface area contributed by atoms with E-state index in [2.05, 4.69) is 26.2 Å². The zero-order chi connectivity index (χ0) is 17.1. The second-order valence-electron chi connectivity index (χ2n) is 5.52. The molecule has 0 aliphatic carbocycles. The van der Waals surface area contributed by atoms with Crippen LogP contribution in [0.15, 0.2) is 58.1 Å². The second kappa shape index (κ2) is 6.97. The van der Waals surface area contributed by atoms with Gasteiger partial charge in [0.15, 0.2) is 0 Å². The zero-order valence-corrected chi connectivity index (χ0v) is 14.7.